The minimum atomic E-state index is 0.796. The van der Waals surface area contributed by atoms with Crippen molar-refractivity contribution in [2.75, 3.05) is 32.8 Å². The Balaban J connectivity index is 1.76. The van der Waals surface area contributed by atoms with Crippen LogP contribution in [-0.2, 0) is 6.54 Å². The Morgan fingerprint density at radius 3 is 2.75 bits per heavy atom. The zero-order valence-electron chi connectivity index (χ0n) is 12.7. The highest BCUT2D eigenvalue weighted by atomic mass is 16.5. The predicted molar refractivity (Wildman–Crippen MR) is 84.2 cm³/mol. The fourth-order valence-electron chi connectivity index (χ4n) is 2.66. The quantitative estimate of drug-likeness (QED) is 0.739. The second kappa shape index (κ2) is 8.98. The molecule has 1 N–H and O–H groups in total. The van der Waals surface area contributed by atoms with Gasteiger partial charge in [-0.3, -0.25) is 4.90 Å². The number of hydrogen-bond donors (Lipinski definition) is 1. The van der Waals surface area contributed by atoms with Gasteiger partial charge in [0.15, 0.2) is 0 Å². The van der Waals surface area contributed by atoms with Crippen LogP contribution in [0.2, 0.25) is 0 Å². The van der Waals surface area contributed by atoms with E-state index in [1.807, 2.05) is 0 Å². The van der Waals surface area contributed by atoms with Crippen molar-refractivity contribution in [2.45, 2.75) is 39.2 Å². The number of likely N-dealkylation sites (tertiary alicyclic amines) is 1. The van der Waals surface area contributed by atoms with Crippen molar-refractivity contribution in [3.8, 4) is 5.75 Å². The first kappa shape index (κ1) is 15.3. The van der Waals surface area contributed by atoms with Gasteiger partial charge in [-0.15, -0.1) is 0 Å². The summed E-state index contributed by atoms with van der Waals surface area (Å²) in [5, 5.41) is 3.44. The molecule has 1 aromatic carbocycles. The maximum atomic E-state index is 5.99. The number of para-hydroxylation sites is 1. The van der Waals surface area contributed by atoms with Gasteiger partial charge in [0.2, 0.25) is 0 Å². The van der Waals surface area contributed by atoms with Gasteiger partial charge in [0.05, 0.1) is 0 Å². The van der Waals surface area contributed by atoms with Gasteiger partial charge in [0, 0.05) is 18.7 Å². The summed E-state index contributed by atoms with van der Waals surface area (Å²) in [6.07, 6.45) is 5.25. The van der Waals surface area contributed by atoms with Crippen molar-refractivity contribution < 1.29 is 4.74 Å². The van der Waals surface area contributed by atoms with Gasteiger partial charge in [-0.2, -0.15) is 0 Å². The van der Waals surface area contributed by atoms with E-state index in [4.69, 9.17) is 4.74 Å². The number of nitrogens with one attached hydrogen (secondary N) is 1. The van der Waals surface area contributed by atoms with Gasteiger partial charge >= 0.3 is 0 Å². The van der Waals surface area contributed by atoms with Crippen molar-refractivity contribution in [1.29, 1.82) is 0 Å². The van der Waals surface area contributed by atoms with Gasteiger partial charge in [-0.25, -0.2) is 0 Å². The average molecular weight is 276 g/mol. The first-order valence-electron chi connectivity index (χ1n) is 8.04. The minimum Gasteiger partial charge on any atom is -0.492 e. The summed E-state index contributed by atoms with van der Waals surface area (Å²) >= 11 is 0. The molecule has 0 saturated carbocycles. The summed E-state index contributed by atoms with van der Waals surface area (Å²) < 4.78 is 5.99. The Hall–Kier alpha value is -1.06. The average Bonchev–Trinajstić information content (AvgIpc) is 2.50. The highest BCUT2D eigenvalue weighted by molar-refractivity contribution is 5.33. The molecule has 0 aromatic heterocycles. The molecule has 0 aliphatic carbocycles. The third kappa shape index (κ3) is 5.14. The smallest absolute Gasteiger partial charge is 0.123 e. The van der Waals surface area contributed by atoms with Gasteiger partial charge in [-0.05, 0) is 45.0 Å². The molecule has 0 unspecified atom stereocenters. The summed E-state index contributed by atoms with van der Waals surface area (Å²) in [5.74, 6) is 1.04. The lowest BCUT2D eigenvalue weighted by atomic mass is 10.1. The number of benzene rings is 1. The van der Waals surface area contributed by atoms with E-state index in [2.05, 4.69) is 41.4 Å². The van der Waals surface area contributed by atoms with Gasteiger partial charge in [0.1, 0.15) is 12.4 Å². The number of piperidine rings is 1. The van der Waals surface area contributed by atoms with Crippen LogP contribution < -0.4 is 10.1 Å². The van der Waals surface area contributed by atoms with E-state index in [9.17, 15) is 0 Å². The Bertz CT molecular complexity index is 375. The largest absolute Gasteiger partial charge is 0.492 e. The molecule has 3 nitrogen and oxygen atoms in total. The molecule has 1 aliphatic heterocycles. The molecular weight excluding hydrogens is 248 g/mol. The Kier molecular flexibility index (Phi) is 6.89. The standard InChI is InChI=1S/C17H28N2O/c1-2-10-18-15-16-8-4-5-9-17(16)20-14-13-19-11-6-3-7-12-19/h4-5,8-9,18H,2-3,6-7,10-15H2,1H3. The lowest BCUT2D eigenvalue weighted by molar-refractivity contribution is 0.182. The summed E-state index contributed by atoms with van der Waals surface area (Å²) in [4.78, 5) is 2.52. The maximum Gasteiger partial charge on any atom is 0.123 e. The normalized spacial score (nSPS) is 16.2. The van der Waals surface area contributed by atoms with Crippen LogP contribution in [0.3, 0.4) is 0 Å². The summed E-state index contributed by atoms with van der Waals surface area (Å²) in [7, 11) is 0. The lowest BCUT2D eigenvalue weighted by Crippen LogP contribution is -2.33. The third-order valence-corrected chi connectivity index (χ3v) is 3.83. The van der Waals surface area contributed by atoms with Crippen LogP contribution in [0.5, 0.6) is 5.75 Å². The molecule has 1 heterocycles. The van der Waals surface area contributed by atoms with Crippen LogP contribution in [-0.4, -0.2) is 37.7 Å². The number of ether oxygens (including phenoxy) is 1. The van der Waals surface area contributed by atoms with E-state index >= 15 is 0 Å². The summed E-state index contributed by atoms with van der Waals surface area (Å²) in [6, 6.07) is 8.37. The summed E-state index contributed by atoms with van der Waals surface area (Å²) in [6.45, 7) is 8.47. The zero-order chi connectivity index (χ0) is 14.0. The molecule has 0 atom stereocenters. The second-order valence-corrected chi connectivity index (χ2v) is 5.54. The lowest BCUT2D eigenvalue weighted by Gasteiger charge is -2.26. The van der Waals surface area contributed by atoms with E-state index in [-0.39, 0.29) is 0 Å². The van der Waals surface area contributed by atoms with Crippen molar-refractivity contribution in [3.05, 3.63) is 29.8 Å². The fourth-order valence-corrected chi connectivity index (χ4v) is 2.66. The summed E-state index contributed by atoms with van der Waals surface area (Å²) in [5.41, 5.74) is 1.26. The Labute approximate surface area is 123 Å². The fraction of sp³-hybridized carbons (Fsp3) is 0.647. The van der Waals surface area contributed by atoms with Crippen LogP contribution in [0.25, 0.3) is 0 Å². The predicted octanol–water partition coefficient (Wildman–Crippen LogP) is 3.05. The minimum absolute atomic E-state index is 0.796. The second-order valence-electron chi connectivity index (χ2n) is 5.54. The van der Waals surface area contributed by atoms with Gasteiger partial charge in [0.25, 0.3) is 0 Å². The van der Waals surface area contributed by atoms with Crippen molar-refractivity contribution in [1.82, 2.24) is 10.2 Å². The van der Waals surface area contributed by atoms with Crippen LogP contribution in [0, 0.1) is 0 Å². The van der Waals surface area contributed by atoms with Gasteiger partial charge in [-0.1, -0.05) is 31.5 Å². The molecule has 20 heavy (non-hydrogen) atoms. The molecule has 0 amide bonds. The number of hydrogen-bond acceptors (Lipinski definition) is 3. The number of nitrogens with zero attached hydrogens (tertiary/aromatic N) is 1. The van der Waals surface area contributed by atoms with Crippen LogP contribution in [0.4, 0.5) is 0 Å². The van der Waals surface area contributed by atoms with E-state index in [1.165, 1.54) is 37.9 Å². The zero-order valence-corrected chi connectivity index (χ0v) is 12.7. The van der Waals surface area contributed by atoms with E-state index in [0.717, 1.165) is 38.4 Å². The van der Waals surface area contributed by atoms with Crippen molar-refractivity contribution in [2.24, 2.45) is 0 Å². The first-order chi connectivity index (χ1) is 9.90. The molecule has 0 spiro atoms. The van der Waals surface area contributed by atoms with Crippen LogP contribution in [0.1, 0.15) is 38.2 Å². The Morgan fingerprint density at radius 2 is 1.95 bits per heavy atom. The molecular formula is C17H28N2O. The van der Waals surface area contributed by atoms with Gasteiger partial charge < -0.3 is 10.1 Å². The molecule has 1 fully saturated rings. The molecule has 0 radical (unpaired) electrons. The number of rotatable bonds is 8. The van der Waals surface area contributed by atoms with Crippen molar-refractivity contribution >= 4 is 0 Å². The molecule has 112 valence electrons. The van der Waals surface area contributed by atoms with E-state index in [1.54, 1.807) is 0 Å². The molecule has 3 heteroatoms. The maximum absolute atomic E-state index is 5.99. The molecule has 2 rings (SSSR count). The monoisotopic (exact) mass is 276 g/mol. The molecule has 1 saturated heterocycles. The highest BCUT2D eigenvalue weighted by Crippen LogP contribution is 2.18. The van der Waals surface area contributed by atoms with E-state index in [0.29, 0.717) is 0 Å². The third-order valence-electron chi connectivity index (χ3n) is 3.83. The van der Waals surface area contributed by atoms with Crippen LogP contribution in [0.15, 0.2) is 24.3 Å². The van der Waals surface area contributed by atoms with Crippen LogP contribution >= 0.6 is 0 Å². The topological polar surface area (TPSA) is 24.5 Å². The first-order valence-corrected chi connectivity index (χ1v) is 8.04. The molecule has 0 bridgehead atoms. The van der Waals surface area contributed by atoms with Crippen molar-refractivity contribution in [3.63, 3.8) is 0 Å². The molecule has 1 aliphatic rings. The van der Waals surface area contributed by atoms with E-state index < -0.39 is 0 Å². The SMILES string of the molecule is CCCNCc1ccccc1OCCN1CCCCC1. The molecule has 1 aromatic rings. The Morgan fingerprint density at radius 1 is 1.15 bits per heavy atom. The highest BCUT2D eigenvalue weighted by Gasteiger charge is 2.10.